The van der Waals surface area contributed by atoms with Crippen molar-refractivity contribution < 1.29 is 4.39 Å². The summed E-state index contributed by atoms with van der Waals surface area (Å²) in [4.78, 5) is 3.17. The van der Waals surface area contributed by atoms with E-state index < -0.39 is 0 Å². The lowest BCUT2D eigenvalue weighted by Crippen LogP contribution is -2.25. The summed E-state index contributed by atoms with van der Waals surface area (Å²) < 4.78 is 14.2. The van der Waals surface area contributed by atoms with E-state index in [1.165, 1.54) is 0 Å². The maximum Gasteiger partial charge on any atom is 0.137 e. The van der Waals surface area contributed by atoms with Gasteiger partial charge in [0.1, 0.15) is 5.82 Å². The van der Waals surface area contributed by atoms with E-state index in [0.717, 1.165) is 48.8 Å². The second kappa shape index (κ2) is 10.2. The van der Waals surface area contributed by atoms with Crippen molar-refractivity contribution in [3.8, 4) is 0 Å². The fourth-order valence-electron chi connectivity index (χ4n) is 2.31. The van der Waals surface area contributed by atoms with Crippen LogP contribution in [0.5, 0.6) is 0 Å². The van der Waals surface area contributed by atoms with Gasteiger partial charge in [0, 0.05) is 23.2 Å². The summed E-state index contributed by atoms with van der Waals surface area (Å²) in [7, 11) is 0. The zero-order valence-electron chi connectivity index (χ0n) is 13.8. The van der Waals surface area contributed by atoms with Gasteiger partial charge in [-0.25, -0.2) is 4.39 Å². The van der Waals surface area contributed by atoms with Crippen LogP contribution in [-0.4, -0.2) is 36.8 Å². The quantitative estimate of drug-likeness (QED) is 0.648. The van der Waals surface area contributed by atoms with E-state index >= 15 is 0 Å². The Hall–Kier alpha value is -0.580. The fourth-order valence-corrected chi connectivity index (χ4v) is 3.48. The van der Waals surface area contributed by atoms with Crippen LogP contribution in [0.3, 0.4) is 0 Å². The lowest BCUT2D eigenvalue weighted by Gasteiger charge is -2.20. The molecular weight excluding hydrogens is 283 g/mol. The molecular formula is C17H29FN2S. The SMILES string of the molecule is CCCNC(C)c1cccc(F)c1SCCN(CC)CC. The smallest absolute Gasteiger partial charge is 0.137 e. The molecule has 0 radical (unpaired) electrons. The predicted octanol–water partition coefficient (Wildman–Crippen LogP) is 4.32. The first kappa shape index (κ1) is 18.5. The molecule has 0 heterocycles. The van der Waals surface area contributed by atoms with E-state index in [2.05, 4.69) is 37.9 Å². The molecule has 0 saturated carbocycles. The van der Waals surface area contributed by atoms with E-state index in [9.17, 15) is 4.39 Å². The van der Waals surface area contributed by atoms with Gasteiger partial charge in [0.15, 0.2) is 0 Å². The average molecular weight is 312 g/mol. The number of hydrogen-bond donors (Lipinski definition) is 1. The third-order valence-corrected chi connectivity index (χ3v) is 4.82. The molecule has 0 aliphatic carbocycles. The van der Waals surface area contributed by atoms with Gasteiger partial charge in [-0.3, -0.25) is 0 Å². The molecule has 4 heteroatoms. The molecule has 0 aliphatic rings. The van der Waals surface area contributed by atoms with Crippen LogP contribution in [-0.2, 0) is 0 Å². The lowest BCUT2D eigenvalue weighted by molar-refractivity contribution is 0.324. The lowest BCUT2D eigenvalue weighted by atomic mass is 10.1. The first-order valence-corrected chi connectivity index (χ1v) is 8.99. The average Bonchev–Trinajstić information content (AvgIpc) is 2.50. The maximum atomic E-state index is 14.2. The topological polar surface area (TPSA) is 15.3 Å². The normalized spacial score (nSPS) is 12.9. The van der Waals surface area contributed by atoms with E-state index in [1.807, 2.05) is 12.1 Å². The molecule has 1 unspecified atom stereocenters. The number of halogens is 1. The van der Waals surface area contributed by atoms with Crippen LogP contribution in [0.25, 0.3) is 0 Å². The highest BCUT2D eigenvalue weighted by Crippen LogP contribution is 2.30. The summed E-state index contributed by atoms with van der Waals surface area (Å²) in [6, 6.07) is 5.60. The van der Waals surface area contributed by atoms with Gasteiger partial charge in [-0.1, -0.05) is 32.9 Å². The van der Waals surface area contributed by atoms with Crippen molar-refractivity contribution in [2.75, 3.05) is 31.9 Å². The summed E-state index contributed by atoms with van der Waals surface area (Å²) in [6.07, 6.45) is 1.09. The van der Waals surface area contributed by atoms with Gasteiger partial charge in [-0.2, -0.15) is 0 Å². The Morgan fingerprint density at radius 2 is 1.95 bits per heavy atom. The highest BCUT2D eigenvalue weighted by molar-refractivity contribution is 7.99. The van der Waals surface area contributed by atoms with Crippen LogP contribution in [0, 0.1) is 5.82 Å². The van der Waals surface area contributed by atoms with Gasteiger partial charge in [0.2, 0.25) is 0 Å². The summed E-state index contributed by atoms with van der Waals surface area (Å²) >= 11 is 1.64. The minimum absolute atomic E-state index is 0.0952. The molecule has 0 bridgehead atoms. The van der Waals surface area contributed by atoms with Crippen molar-refractivity contribution in [3.05, 3.63) is 29.6 Å². The Morgan fingerprint density at radius 3 is 2.57 bits per heavy atom. The summed E-state index contributed by atoms with van der Waals surface area (Å²) in [5.74, 6) is 0.832. The molecule has 120 valence electrons. The number of rotatable bonds is 10. The molecule has 0 amide bonds. The Balaban J connectivity index is 2.71. The monoisotopic (exact) mass is 312 g/mol. The number of hydrogen-bond acceptors (Lipinski definition) is 3. The molecule has 1 aromatic carbocycles. The van der Waals surface area contributed by atoms with Gasteiger partial charge in [-0.15, -0.1) is 11.8 Å². The van der Waals surface area contributed by atoms with Crippen molar-refractivity contribution in [1.29, 1.82) is 0 Å². The Kier molecular flexibility index (Phi) is 8.97. The molecule has 1 N–H and O–H groups in total. The van der Waals surface area contributed by atoms with Crippen LogP contribution < -0.4 is 5.32 Å². The second-order valence-electron chi connectivity index (χ2n) is 5.21. The zero-order valence-corrected chi connectivity index (χ0v) is 14.6. The molecule has 1 aromatic rings. The van der Waals surface area contributed by atoms with E-state index in [0.29, 0.717) is 0 Å². The van der Waals surface area contributed by atoms with Crippen molar-refractivity contribution in [2.24, 2.45) is 0 Å². The highest BCUT2D eigenvalue weighted by atomic mass is 32.2. The minimum atomic E-state index is -0.0952. The minimum Gasteiger partial charge on any atom is -0.310 e. The van der Waals surface area contributed by atoms with Crippen molar-refractivity contribution >= 4 is 11.8 Å². The molecule has 0 spiro atoms. The second-order valence-corrected chi connectivity index (χ2v) is 6.31. The first-order chi connectivity index (χ1) is 10.1. The van der Waals surface area contributed by atoms with Gasteiger partial charge in [-0.05, 0) is 44.6 Å². The number of thioether (sulfide) groups is 1. The summed E-state index contributed by atoms with van der Waals surface area (Å²) in [6.45, 7) is 12.7. The molecule has 2 nitrogen and oxygen atoms in total. The van der Waals surface area contributed by atoms with E-state index in [1.54, 1.807) is 17.8 Å². The van der Waals surface area contributed by atoms with Gasteiger partial charge in [0.25, 0.3) is 0 Å². The number of benzene rings is 1. The van der Waals surface area contributed by atoms with Gasteiger partial charge in [0.05, 0.1) is 0 Å². The Bertz CT molecular complexity index is 408. The summed E-state index contributed by atoms with van der Waals surface area (Å²) in [5, 5.41) is 3.45. The molecule has 1 rings (SSSR count). The van der Waals surface area contributed by atoms with Gasteiger partial charge >= 0.3 is 0 Å². The van der Waals surface area contributed by atoms with Crippen LogP contribution >= 0.6 is 11.8 Å². The standard InChI is InChI=1S/C17H29FN2S/c1-5-11-19-14(4)15-9-8-10-16(18)17(15)21-13-12-20(6-2)7-3/h8-10,14,19H,5-7,11-13H2,1-4H3. The third-order valence-electron chi connectivity index (χ3n) is 3.71. The Labute approximate surface area is 133 Å². The highest BCUT2D eigenvalue weighted by Gasteiger charge is 2.14. The van der Waals surface area contributed by atoms with Crippen LogP contribution in [0.15, 0.2) is 23.1 Å². The molecule has 0 saturated heterocycles. The van der Waals surface area contributed by atoms with Crippen LogP contribution in [0.1, 0.15) is 45.7 Å². The number of nitrogens with zero attached hydrogens (tertiary/aromatic N) is 1. The van der Waals surface area contributed by atoms with E-state index in [4.69, 9.17) is 0 Å². The maximum absolute atomic E-state index is 14.2. The molecule has 1 atom stereocenters. The van der Waals surface area contributed by atoms with Gasteiger partial charge < -0.3 is 10.2 Å². The largest absolute Gasteiger partial charge is 0.310 e. The molecule has 0 aliphatic heterocycles. The molecule has 21 heavy (non-hydrogen) atoms. The van der Waals surface area contributed by atoms with Crippen LogP contribution in [0.2, 0.25) is 0 Å². The predicted molar refractivity (Wildman–Crippen MR) is 91.6 cm³/mol. The number of nitrogens with one attached hydrogen (secondary N) is 1. The third kappa shape index (κ3) is 5.97. The molecule has 0 fully saturated rings. The summed E-state index contributed by atoms with van der Waals surface area (Å²) in [5.41, 5.74) is 1.08. The van der Waals surface area contributed by atoms with Crippen LogP contribution in [0.4, 0.5) is 4.39 Å². The van der Waals surface area contributed by atoms with E-state index in [-0.39, 0.29) is 11.9 Å². The first-order valence-electron chi connectivity index (χ1n) is 8.00. The fraction of sp³-hybridized carbons (Fsp3) is 0.647. The van der Waals surface area contributed by atoms with Crippen molar-refractivity contribution in [2.45, 2.75) is 45.1 Å². The van der Waals surface area contributed by atoms with Crippen molar-refractivity contribution in [3.63, 3.8) is 0 Å². The Morgan fingerprint density at radius 1 is 1.24 bits per heavy atom. The molecule has 0 aromatic heterocycles. The zero-order chi connectivity index (χ0) is 15.7. The van der Waals surface area contributed by atoms with Crippen molar-refractivity contribution in [1.82, 2.24) is 10.2 Å².